The molecule has 0 amide bonds. The van der Waals surface area contributed by atoms with Gasteiger partial charge in [-0.1, -0.05) is 13.8 Å². The minimum Gasteiger partial charge on any atom is -0.494 e. The summed E-state index contributed by atoms with van der Waals surface area (Å²) in [6.45, 7) is 5.26. The van der Waals surface area contributed by atoms with E-state index >= 15 is 0 Å². The summed E-state index contributed by atoms with van der Waals surface area (Å²) in [6, 6.07) is 9.00. The van der Waals surface area contributed by atoms with Crippen molar-refractivity contribution in [2.45, 2.75) is 45.6 Å². The molecule has 2 nitrogen and oxygen atoms in total. The van der Waals surface area contributed by atoms with Gasteiger partial charge in [-0.15, -0.1) is 0 Å². The fraction of sp³-hybridized carbons (Fsp3) is 0.600. The Morgan fingerprint density at radius 1 is 1.24 bits per heavy atom. The van der Waals surface area contributed by atoms with Crippen LogP contribution in [0.25, 0.3) is 0 Å². The van der Waals surface area contributed by atoms with Crippen molar-refractivity contribution in [2.24, 2.45) is 5.92 Å². The predicted octanol–water partition coefficient (Wildman–Crippen LogP) is 4.08. The Labute approximate surface area is 104 Å². The average Bonchev–Trinajstić information content (AvgIpc) is 2.74. The molecule has 1 saturated carbocycles. The van der Waals surface area contributed by atoms with Gasteiger partial charge < -0.3 is 10.1 Å². The Morgan fingerprint density at radius 2 is 2.00 bits per heavy atom. The zero-order valence-corrected chi connectivity index (χ0v) is 10.9. The number of rotatable bonds is 5. The lowest BCUT2D eigenvalue weighted by Crippen LogP contribution is -2.15. The van der Waals surface area contributed by atoms with E-state index in [0.717, 1.165) is 24.7 Å². The molecule has 0 saturated heterocycles. The van der Waals surface area contributed by atoms with Crippen molar-refractivity contribution < 1.29 is 4.74 Å². The molecule has 1 aliphatic rings. The molecule has 94 valence electrons. The molecule has 2 heteroatoms. The fourth-order valence-electron chi connectivity index (χ4n) is 2.44. The van der Waals surface area contributed by atoms with Gasteiger partial charge in [0.15, 0.2) is 0 Å². The summed E-state index contributed by atoms with van der Waals surface area (Å²) in [6.07, 6.45) is 5.01. The molecule has 0 radical (unpaired) electrons. The van der Waals surface area contributed by atoms with E-state index in [4.69, 9.17) is 4.74 Å². The van der Waals surface area contributed by atoms with Crippen LogP contribution in [0, 0.1) is 5.92 Å². The Kier molecular flexibility index (Phi) is 4.29. The Hall–Kier alpha value is -1.18. The summed E-state index contributed by atoms with van der Waals surface area (Å²) >= 11 is 0. The molecule has 1 fully saturated rings. The molecule has 1 aromatic carbocycles. The second-order valence-electron chi connectivity index (χ2n) is 5.13. The van der Waals surface area contributed by atoms with E-state index in [0.29, 0.717) is 6.04 Å². The minimum atomic E-state index is 0.660. The molecular formula is C15H23NO. The standard InChI is InChI=1S/C15H23NO/c1-3-10-17-15-8-6-13(7-9-15)16-14-5-4-12(2)11-14/h6-9,12,14,16H,3-5,10-11H2,1-2H3. The van der Waals surface area contributed by atoms with Crippen LogP contribution >= 0.6 is 0 Å². The molecule has 0 spiro atoms. The molecule has 17 heavy (non-hydrogen) atoms. The zero-order chi connectivity index (χ0) is 12.1. The fourth-order valence-corrected chi connectivity index (χ4v) is 2.44. The predicted molar refractivity (Wildman–Crippen MR) is 72.7 cm³/mol. The van der Waals surface area contributed by atoms with Crippen LogP contribution in [0.2, 0.25) is 0 Å². The largest absolute Gasteiger partial charge is 0.494 e. The van der Waals surface area contributed by atoms with Gasteiger partial charge in [-0.2, -0.15) is 0 Å². The maximum Gasteiger partial charge on any atom is 0.119 e. The first kappa shape index (κ1) is 12.3. The van der Waals surface area contributed by atoms with Crippen LogP contribution in [-0.2, 0) is 0 Å². The molecule has 0 aliphatic heterocycles. The lowest BCUT2D eigenvalue weighted by atomic mass is 10.1. The first-order chi connectivity index (χ1) is 8.28. The van der Waals surface area contributed by atoms with Crippen LogP contribution < -0.4 is 10.1 Å². The van der Waals surface area contributed by atoms with Crippen LogP contribution in [0.4, 0.5) is 5.69 Å². The topological polar surface area (TPSA) is 21.3 Å². The van der Waals surface area contributed by atoms with Gasteiger partial charge in [-0.3, -0.25) is 0 Å². The quantitative estimate of drug-likeness (QED) is 0.827. The number of benzene rings is 1. The maximum atomic E-state index is 5.57. The van der Waals surface area contributed by atoms with E-state index < -0.39 is 0 Å². The molecule has 2 rings (SSSR count). The van der Waals surface area contributed by atoms with Gasteiger partial charge in [0.05, 0.1) is 6.61 Å². The number of ether oxygens (including phenoxy) is 1. The molecule has 1 aromatic rings. The van der Waals surface area contributed by atoms with E-state index in [1.807, 2.05) is 0 Å². The smallest absolute Gasteiger partial charge is 0.119 e. The Balaban J connectivity index is 1.85. The lowest BCUT2D eigenvalue weighted by molar-refractivity contribution is 0.317. The van der Waals surface area contributed by atoms with Gasteiger partial charge >= 0.3 is 0 Å². The molecular weight excluding hydrogens is 210 g/mol. The van der Waals surface area contributed by atoms with Gasteiger partial charge in [0.1, 0.15) is 5.75 Å². The SMILES string of the molecule is CCCOc1ccc(NC2CCC(C)C2)cc1. The van der Waals surface area contributed by atoms with Gasteiger partial charge in [0, 0.05) is 11.7 Å². The summed E-state index contributed by atoms with van der Waals surface area (Å²) in [7, 11) is 0. The van der Waals surface area contributed by atoms with Crippen molar-refractivity contribution in [1.29, 1.82) is 0 Å². The first-order valence-electron chi connectivity index (χ1n) is 6.77. The highest BCUT2D eigenvalue weighted by Gasteiger charge is 2.20. The van der Waals surface area contributed by atoms with E-state index in [1.165, 1.54) is 24.9 Å². The summed E-state index contributed by atoms with van der Waals surface area (Å²) in [5.41, 5.74) is 1.22. The molecule has 1 aliphatic carbocycles. The van der Waals surface area contributed by atoms with Crippen LogP contribution in [0.3, 0.4) is 0 Å². The van der Waals surface area contributed by atoms with Crippen molar-refractivity contribution in [3.63, 3.8) is 0 Å². The van der Waals surface area contributed by atoms with Crippen LogP contribution in [0.5, 0.6) is 5.75 Å². The first-order valence-corrected chi connectivity index (χ1v) is 6.77. The zero-order valence-electron chi connectivity index (χ0n) is 10.9. The summed E-state index contributed by atoms with van der Waals surface area (Å²) in [5.74, 6) is 1.84. The van der Waals surface area contributed by atoms with Gasteiger partial charge in [-0.25, -0.2) is 0 Å². The molecule has 1 N–H and O–H groups in total. The third-order valence-electron chi connectivity index (χ3n) is 3.39. The van der Waals surface area contributed by atoms with Gasteiger partial charge in [0.25, 0.3) is 0 Å². The van der Waals surface area contributed by atoms with Crippen molar-refractivity contribution in [3.05, 3.63) is 24.3 Å². The van der Waals surface area contributed by atoms with Crippen molar-refractivity contribution in [1.82, 2.24) is 0 Å². The highest BCUT2D eigenvalue weighted by Crippen LogP contribution is 2.28. The number of anilines is 1. The van der Waals surface area contributed by atoms with Crippen molar-refractivity contribution >= 4 is 5.69 Å². The second-order valence-corrected chi connectivity index (χ2v) is 5.13. The van der Waals surface area contributed by atoms with Gasteiger partial charge in [-0.05, 0) is 55.9 Å². The maximum absolute atomic E-state index is 5.57. The Bertz CT molecular complexity index is 333. The van der Waals surface area contributed by atoms with Crippen molar-refractivity contribution in [3.8, 4) is 5.75 Å². The normalized spacial score (nSPS) is 23.6. The van der Waals surface area contributed by atoms with Crippen LogP contribution in [0.1, 0.15) is 39.5 Å². The molecule has 2 atom stereocenters. The lowest BCUT2D eigenvalue weighted by Gasteiger charge is -2.14. The highest BCUT2D eigenvalue weighted by atomic mass is 16.5. The van der Waals surface area contributed by atoms with Crippen LogP contribution in [0.15, 0.2) is 24.3 Å². The van der Waals surface area contributed by atoms with Gasteiger partial charge in [0.2, 0.25) is 0 Å². The van der Waals surface area contributed by atoms with E-state index in [-0.39, 0.29) is 0 Å². The number of hydrogen-bond acceptors (Lipinski definition) is 2. The third-order valence-corrected chi connectivity index (χ3v) is 3.39. The second kappa shape index (κ2) is 5.95. The monoisotopic (exact) mass is 233 g/mol. The molecule has 0 heterocycles. The number of hydrogen-bond donors (Lipinski definition) is 1. The number of nitrogens with one attached hydrogen (secondary N) is 1. The molecule has 0 aromatic heterocycles. The Morgan fingerprint density at radius 3 is 2.59 bits per heavy atom. The van der Waals surface area contributed by atoms with E-state index in [2.05, 4.69) is 43.4 Å². The van der Waals surface area contributed by atoms with E-state index in [9.17, 15) is 0 Å². The molecule has 2 unspecified atom stereocenters. The van der Waals surface area contributed by atoms with Crippen LogP contribution in [-0.4, -0.2) is 12.6 Å². The molecule has 0 bridgehead atoms. The summed E-state index contributed by atoms with van der Waals surface area (Å²) in [5, 5.41) is 3.60. The van der Waals surface area contributed by atoms with Crippen molar-refractivity contribution in [2.75, 3.05) is 11.9 Å². The minimum absolute atomic E-state index is 0.660. The van der Waals surface area contributed by atoms with E-state index in [1.54, 1.807) is 0 Å². The average molecular weight is 233 g/mol. The highest BCUT2D eigenvalue weighted by molar-refractivity contribution is 5.47. The third kappa shape index (κ3) is 3.65. The summed E-state index contributed by atoms with van der Waals surface area (Å²) < 4.78 is 5.57. The summed E-state index contributed by atoms with van der Waals surface area (Å²) in [4.78, 5) is 0.